The number of nitrogens with zero attached hydrogens (tertiary/aromatic N) is 1. The Balaban J connectivity index is 1.44. The first kappa shape index (κ1) is 24.5. The number of ether oxygens (including phenoxy) is 2. The molecule has 2 aliphatic rings. The minimum absolute atomic E-state index is 0.0939. The minimum Gasteiger partial charge on any atom is -0.479 e. The highest BCUT2D eigenvalue weighted by atomic mass is 19.4. The molecule has 35 heavy (non-hydrogen) atoms. The van der Waals surface area contributed by atoms with Gasteiger partial charge in [0.2, 0.25) is 5.91 Å². The number of hydrogen-bond acceptors (Lipinski definition) is 5. The molecule has 1 aliphatic carbocycles. The molecule has 0 spiro atoms. The SMILES string of the molecule is O=C(NC(CC(F)(F)F)C(=O)N1CCOC(C(=O)O)C1)OCC1c2ccccc2-c2ccccc21. The molecule has 1 saturated heterocycles. The lowest BCUT2D eigenvalue weighted by Crippen LogP contribution is -2.56. The maximum atomic E-state index is 13.2. The van der Waals surface area contributed by atoms with Crippen LogP contribution in [0.1, 0.15) is 23.5 Å². The summed E-state index contributed by atoms with van der Waals surface area (Å²) < 4.78 is 49.8. The first-order valence-corrected chi connectivity index (χ1v) is 11.0. The van der Waals surface area contributed by atoms with E-state index in [4.69, 9.17) is 14.6 Å². The fourth-order valence-corrected chi connectivity index (χ4v) is 4.43. The first-order chi connectivity index (χ1) is 16.6. The van der Waals surface area contributed by atoms with Gasteiger partial charge in [0, 0.05) is 12.5 Å². The highest BCUT2D eigenvalue weighted by Gasteiger charge is 2.40. The van der Waals surface area contributed by atoms with Gasteiger partial charge in [-0.15, -0.1) is 0 Å². The number of carboxylic acids is 1. The molecule has 0 bridgehead atoms. The smallest absolute Gasteiger partial charge is 0.407 e. The number of benzene rings is 2. The maximum absolute atomic E-state index is 13.2. The lowest BCUT2D eigenvalue weighted by molar-refractivity contribution is -0.165. The van der Waals surface area contributed by atoms with Crippen molar-refractivity contribution in [2.75, 3.05) is 26.3 Å². The molecule has 2 amide bonds. The summed E-state index contributed by atoms with van der Waals surface area (Å²) >= 11 is 0. The van der Waals surface area contributed by atoms with Crippen LogP contribution in [0.15, 0.2) is 48.5 Å². The van der Waals surface area contributed by atoms with Gasteiger partial charge in [-0.1, -0.05) is 48.5 Å². The van der Waals surface area contributed by atoms with Gasteiger partial charge in [0.25, 0.3) is 0 Å². The van der Waals surface area contributed by atoms with Gasteiger partial charge in [0.05, 0.1) is 19.6 Å². The minimum atomic E-state index is -4.75. The van der Waals surface area contributed by atoms with Crippen LogP contribution in [0.2, 0.25) is 0 Å². The Morgan fingerprint density at radius 1 is 1.09 bits per heavy atom. The Bertz CT molecular complexity index is 1080. The lowest BCUT2D eigenvalue weighted by atomic mass is 9.98. The third-order valence-electron chi connectivity index (χ3n) is 6.02. The van der Waals surface area contributed by atoms with Crippen LogP contribution >= 0.6 is 0 Å². The third-order valence-corrected chi connectivity index (χ3v) is 6.02. The van der Waals surface area contributed by atoms with Crippen molar-refractivity contribution in [2.45, 2.75) is 30.7 Å². The third kappa shape index (κ3) is 5.56. The second kappa shape index (κ2) is 9.95. The first-order valence-electron chi connectivity index (χ1n) is 11.0. The van der Waals surface area contributed by atoms with E-state index >= 15 is 0 Å². The number of halogens is 3. The summed E-state index contributed by atoms with van der Waals surface area (Å²) in [4.78, 5) is 37.4. The Morgan fingerprint density at radius 3 is 2.26 bits per heavy atom. The second-order valence-corrected chi connectivity index (χ2v) is 8.32. The van der Waals surface area contributed by atoms with Crippen LogP contribution < -0.4 is 5.32 Å². The molecule has 186 valence electrons. The van der Waals surface area contributed by atoms with Crippen molar-refractivity contribution in [3.63, 3.8) is 0 Å². The molecular weight excluding hydrogens is 469 g/mol. The van der Waals surface area contributed by atoms with Gasteiger partial charge in [-0.05, 0) is 22.3 Å². The Hall–Kier alpha value is -3.60. The molecule has 8 nitrogen and oxygen atoms in total. The van der Waals surface area contributed by atoms with Gasteiger partial charge in [0.1, 0.15) is 12.6 Å². The van der Waals surface area contributed by atoms with E-state index in [1.54, 1.807) is 0 Å². The number of nitrogens with one attached hydrogen (secondary N) is 1. The van der Waals surface area contributed by atoms with E-state index in [-0.39, 0.29) is 25.7 Å². The van der Waals surface area contributed by atoms with Crippen LogP contribution in [-0.2, 0) is 19.1 Å². The largest absolute Gasteiger partial charge is 0.479 e. The molecule has 0 saturated carbocycles. The standard InChI is InChI=1S/C24H23F3N2O6/c25-24(26,27)11-19(21(30)29-9-10-34-20(12-29)22(31)32)28-23(33)35-13-18-16-7-3-1-5-14(16)15-6-2-4-8-17(15)18/h1-8,18-20H,9-13H2,(H,28,33)(H,31,32). The van der Waals surface area contributed by atoms with E-state index < -0.39 is 49.3 Å². The van der Waals surface area contributed by atoms with Crippen LogP contribution in [0, 0.1) is 0 Å². The topological polar surface area (TPSA) is 105 Å². The predicted molar refractivity (Wildman–Crippen MR) is 117 cm³/mol. The van der Waals surface area contributed by atoms with Crippen LogP contribution in [0.25, 0.3) is 11.1 Å². The maximum Gasteiger partial charge on any atom is 0.407 e. The molecule has 1 heterocycles. The van der Waals surface area contributed by atoms with Crippen LogP contribution in [0.4, 0.5) is 18.0 Å². The zero-order valence-corrected chi connectivity index (χ0v) is 18.5. The summed E-state index contributed by atoms with van der Waals surface area (Å²) in [7, 11) is 0. The van der Waals surface area contributed by atoms with E-state index in [1.165, 1.54) is 0 Å². The van der Waals surface area contributed by atoms with Crippen molar-refractivity contribution < 1.29 is 42.1 Å². The summed E-state index contributed by atoms with van der Waals surface area (Å²) in [6.45, 7) is -0.796. The predicted octanol–water partition coefficient (Wildman–Crippen LogP) is 3.16. The summed E-state index contributed by atoms with van der Waals surface area (Å²) in [5.74, 6) is -2.69. The Kier molecular flexibility index (Phi) is 6.97. The van der Waals surface area contributed by atoms with E-state index in [2.05, 4.69) is 0 Å². The van der Waals surface area contributed by atoms with Crippen LogP contribution in [0.5, 0.6) is 0 Å². The van der Waals surface area contributed by atoms with Gasteiger partial charge in [0.15, 0.2) is 6.10 Å². The number of alkyl halides is 3. The summed E-state index contributed by atoms with van der Waals surface area (Å²) in [5, 5.41) is 11.1. The molecule has 2 unspecified atom stereocenters. The van der Waals surface area contributed by atoms with Crippen LogP contribution in [0.3, 0.4) is 0 Å². The van der Waals surface area contributed by atoms with E-state index in [1.807, 2.05) is 53.8 Å². The number of alkyl carbamates (subject to hydrolysis) is 1. The molecule has 2 aromatic rings. The van der Waals surface area contributed by atoms with Gasteiger partial charge in [-0.25, -0.2) is 9.59 Å². The molecule has 0 radical (unpaired) electrons. The number of aliphatic carboxylic acids is 1. The zero-order chi connectivity index (χ0) is 25.2. The van der Waals surface area contributed by atoms with Gasteiger partial charge in [-0.3, -0.25) is 4.79 Å². The van der Waals surface area contributed by atoms with Crippen LogP contribution in [-0.4, -0.2) is 72.6 Å². The highest BCUT2D eigenvalue weighted by Crippen LogP contribution is 2.44. The molecule has 2 N–H and O–H groups in total. The van der Waals surface area contributed by atoms with Crippen molar-refractivity contribution in [3.8, 4) is 11.1 Å². The van der Waals surface area contributed by atoms with Crippen molar-refractivity contribution in [2.24, 2.45) is 0 Å². The summed E-state index contributed by atoms with van der Waals surface area (Å²) in [6.07, 6.45) is -8.90. The number of carbonyl (C=O) groups excluding carboxylic acids is 2. The number of morpholine rings is 1. The second-order valence-electron chi connectivity index (χ2n) is 8.32. The number of carbonyl (C=O) groups is 3. The van der Waals surface area contributed by atoms with Crippen molar-refractivity contribution in [3.05, 3.63) is 59.7 Å². The quantitative estimate of drug-likeness (QED) is 0.642. The molecule has 0 aromatic heterocycles. The fourth-order valence-electron chi connectivity index (χ4n) is 4.43. The van der Waals surface area contributed by atoms with Crippen molar-refractivity contribution in [1.82, 2.24) is 10.2 Å². The fraction of sp³-hybridized carbons (Fsp3) is 0.375. The summed E-state index contributed by atoms with van der Waals surface area (Å²) in [6, 6.07) is 13.2. The number of amides is 2. The zero-order valence-electron chi connectivity index (χ0n) is 18.5. The van der Waals surface area contributed by atoms with Crippen molar-refractivity contribution in [1.29, 1.82) is 0 Å². The van der Waals surface area contributed by atoms with Gasteiger partial charge >= 0.3 is 18.2 Å². The number of rotatable bonds is 6. The number of carboxylic acid groups (broad SMARTS) is 1. The van der Waals surface area contributed by atoms with E-state index in [0.29, 0.717) is 0 Å². The molecule has 4 rings (SSSR count). The number of hydrogen-bond donors (Lipinski definition) is 2. The van der Waals surface area contributed by atoms with E-state index in [0.717, 1.165) is 27.2 Å². The monoisotopic (exact) mass is 492 g/mol. The molecule has 11 heteroatoms. The Labute approximate surface area is 198 Å². The molecule has 1 fully saturated rings. The van der Waals surface area contributed by atoms with Crippen molar-refractivity contribution >= 4 is 18.0 Å². The molecule has 2 atom stereocenters. The summed E-state index contributed by atoms with van der Waals surface area (Å²) in [5.41, 5.74) is 3.83. The number of fused-ring (bicyclic) bond motifs is 3. The normalized spacial score (nSPS) is 18.4. The molecular formula is C24H23F3N2O6. The molecule has 2 aromatic carbocycles. The van der Waals surface area contributed by atoms with E-state index in [9.17, 15) is 27.6 Å². The highest BCUT2D eigenvalue weighted by molar-refractivity contribution is 5.86. The van der Waals surface area contributed by atoms with Gasteiger partial charge < -0.3 is 24.8 Å². The average molecular weight is 492 g/mol. The Morgan fingerprint density at radius 2 is 1.69 bits per heavy atom. The molecule has 1 aliphatic heterocycles. The lowest BCUT2D eigenvalue weighted by Gasteiger charge is -2.33. The van der Waals surface area contributed by atoms with Gasteiger partial charge in [-0.2, -0.15) is 13.2 Å². The average Bonchev–Trinajstić information content (AvgIpc) is 3.15.